The number of hydrogen-bond acceptors (Lipinski definition) is 4. The highest BCUT2D eigenvalue weighted by Crippen LogP contribution is 2.42. The Balaban J connectivity index is 1.70. The van der Waals surface area contributed by atoms with Gasteiger partial charge in [-0.1, -0.05) is 30.3 Å². The Morgan fingerprint density at radius 3 is 2.64 bits per heavy atom. The van der Waals surface area contributed by atoms with E-state index in [4.69, 9.17) is 5.73 Å². The van der Waals surface area contributed by atoms with E-state index in [0.29, 0.717) is 28.5 Å². The fraction of sp³-hybridized carbons (Fsp3) is 0.182. The summed E-state index contributed by atoms with van der Waals surface area (Å²) in [6, 6.07) is 14.5. The van der Waals surface area contributed by atoms with Crippen molar-refractivity contribution in [2.75, 3.05) is 5.73 Å². The summed E-state index contributed by atoms with van der Waals surface area (Å²) in [5.41, 5.74) is 11.0. The molecule has 4 aromatic rings. The summed E-state index contributed by atoms with van der Waals surface area (Å²) in [5.74, 6) is 0.399. The zero-order valence-corrected chi connectivity index (χ0v) is 15.1. The molecule has 1 aliphatic rings. The molecule has 2 aromatic heterocycles. The van der Waals surface area contributed by atoms with Crippen LogP contribution in [0.1, 0.15) is 29.9 Å². The van der Waals surface area contributed by atoms with Crippen molar-refractivity contribution in [3.63, 3.8) is 0 Å². The van der Waals surface area contributed by atoms with Crippen LogP contribution in [-0.2, 0) is 6.61 Å². The molecular weight excluding hydrogens is 355 g/mol. The average Bonchev–Trinajstić information content (AvgIpc) is 3.47. The Bertz CT molecular complexity index is 1200. The maximum absolute atomic E-state index is 14.2. The van der Waals surface area contributed by atoms with Crippen LogP contribution in [0.25, 0.3) is 33.5 Å². The first-order valence-electron chi connectivity index (χ1n) is 9.29. The van der Waals surface area contributed by atoms with Gasteiger partial charge in [0.25, 0.3) is 0 Å². The number of aromatic amines is 1. The zero-order valence-electron chi connectivity index (χ0n) is 15.1. The van der Waals surface area contributed by atoms with Crippen molar-refractivity contribution < 1.29 is 9.50 Å². The van der Waals surface area contributed by atoms with Crippen LogP contribution >= 0.6 is 0 Å². The molecule has 0 aliphatic heterocycles. The summed E-state index contributed by atoms with van der Waals surface area (Å²) in [6.07, 6.45) is 2.39. The molecule has 5 rings (SSSR count). The van der Waals surface area contributed by atoms with Gasteiger partial charge in [-0.05, 0) is 48.1 Å². The van der Waals surface area contributed by atoms with Gasteiger partial charge < -0.3 is 15.8 Å². The van der Waals surface area contributed by atoms with Crippen molar-refractivity contribution in [1.82, 2.24) is 15.0 Å². The van der Waals surface area contributed by atoms with Crippen LogP contribution in [0.15, 0.2) is 48.5 Å². The highest BCUT2D eigenvalue weighted by atomic mass is 19.1. The van der Waals surface area contributed by atoms with E-state index in [1.54, 1.807) is 18.2 Å². The normalized spacial score (nSPS) is 13.9. The highest BCUT2D eigenvalue weighted by molar-refractivity contribution is 5.95. The molecule has 0 atom stereocenters. The Kier molecular flexibility index (Phi) is 3.87. The monoisotopic (exact) mass is 374 g/mol. The quantitative estimate of drug-likeness (QED) is 0.495. The first-order valence-corrected chi connectivity index (χ1v) is 9.29. The first kappa shape index (κ1) is 16.9. The fourth-order valence-corrected chi connectivity index (χ4v) is 3.70. The summed E-state index contributed by atoms with van der Waals surface area (Å²) in [6.45, 7) is -0.0914. The van der Waals surface area contributed by atoms with Crippen LogP contribution in [0.2, 0.25) is 0 Å². The van der Waals surface area contributed by atoms with Crippen molar-refractivity contribution in [2.45, 2.75) is 25.4 Å². The number of aliphatic hydroxyl groups excluding tert-OH is 1. The number of halogens is 1. The smallest absolute Gasteiger partial charge is 0.222 e. The maximum Gasteiger partial charge on any atom is 0.222 e. The molecule has 2 heterocycles. The number of nitrogens with two attached hydrogens (primary N) is 1. The minimum atomic E-state index is -0.318. The number of rotatable bonds is 4. The van der Waals surface area contributed by atoms with E-state index in [9.17, 15) is 9.50 Å². The average molecular weight is 374 g/mol. The minimum Gasteiger partial charge on any atom is -0.392 e. The molecule has 0 amide bonds. The molecule has 4 N–H and O–H groups in total. The maximum atomic E-state index is 14.2. The minimum absolute atomic E-state index is 0.0914. The van der Waals surface area contributed by atoms with E-state index in [1.807, 2.05) is 18.2 Å². The molecule has 0 spiro atoms. The molecule has 0 bridgehead atoms. The third-order valence-corrected chi connectivity index (χ3v) is 5.27. The number of H-pyrrole nitrogens is 1. The van der Waals surface area contributed by atoms with E-state index in [-0.39, 0.29) is 18.4 Å². The van der Waals surface area contributed by atoms with Gasteiger partial charge in [0.1, 0.15) is 11.5 Å². The lowest BCUT2D eigenvalue weighted by molar-refractivity contribution is 0.282. The highest BCUT2D eigenvalue weighted by Gasteiger charge is 2.25. The number of nitrogens with one attached hydrogen (secondary N) is 1. The largest absolute Gasteiger partial charge is 0.392 e. The summed E-state index contributed by atoms with van der Waals surface area (Å²) >= 11 is 0. The van der Waals surface area contributed by atoms with Crippen LogP contribution in [0, 0.1) is 5.82 Å². The van der Waals surface area contributed by atoms with Gasteiger partial charge in [0.2, 0.25) is 5.95 Å². The summed E-state index contributed by atoms with van der Waals surface area (Å²) in [7, 11) is 0. The van der Waals surface area contributed by atoms with Crippen LogP contribution in [0.4, 0.5) is 10.3 Å². The Labute approximate surface area is 161 Å². The standard InChI is InChI=1S/C22H19FN4O/c23-18-4-2-1-3-16(18)19-10-17-20(26-22(24)27-21(17)25-19)15-8-7-13(12-5-6-12)9-14(15)11-28/h1-4,7-10,12,28H,5-6,11H2,(H3,24,25,26,27). The topological polar surface area (TPSA) is 87.8 Å². The number of aliphatic hydroxyl groups is 1. The third kappa shape index (κ3) is 2.82. The molecule has 5 nitrogen and oxygen atoms in total. The number of nitrogens with zero attached hydrogens (tertiary/aromatic N) is 2. The lowest BCUT2D eigenvalue weighted by Crippen LogP contribution is -2.00. The molecule has 28 heavy (non-hydrogen) atoms. The van der Waals surface area contributed by atoms with E-state index < -0.39 is 0 Å². The van der Waals surface area contributed by atoms with E-state index in [1.165, 1.54) is 24.5 Å². The summed E-state index contributed by atoms with van der Waals surface area (Å²) in [4.78, 5) is 11.9. The molecule has 1 fully saturated rings. The second-order valence-electron chi connectivity index (χ2n) is 7.20. The predicted molar refractivity (Wildman–Crippen MR) is 107 cm³/mol. The van der Waals surface area contributed by atoms with Gasteiger partial charge >= 0.3 is 0 Å². The SMILES string of the molecule is Nc1nc(-c2ccc(C3CC3)cc2CO)c2cc(-c3ccccc3F)[nH]c2n1. The van der Waals surface area contributed by atoms with Crippen LogP contribution in [0.5, 0.6) is 0 Å². The van der Waals surface area contributed by atoms with E-state index in [2.05, 4.69) is 21.0 Å². The van der Waals surface area contributed by atoms with Gasteiger partial charge in [-0.15, -0.1) is 0 Å². The fourth-order valence-electron chi connectivity index (χ4n) is 3.70. The number of aromatic nitrogens is 3. The Morgan fingerprint density at radius 1 is 1.07 bits per heavy atom. The van der Waals surface area contributed by atoms with Gasteiger partial charge in [-0.25, -0.2) is 9.37 Å². The van der Waals surface area contributed by atoms with Gasteiger partial charge in [-0.2, -0.15) is 4.98 Å². The number of anilines is 1. The lowest BCUT2D eigenvalue weighted by atomic mass is 9.98. The van der Waals surface area contributed by atoms with Crippen LogP contribution in [0.3, 0.4) is 0 Å². The van der Waals surface area contributed by atoms with Crippen molar-refractivity contribution in [2.24, 2.45) is 0 Å². The first-order chi connectivity index (χ1) is 13.6. The molecular formula is C22H19FN4O. The molecule has 0 radical (unpaired) electrons. The number of nitrogen functional groups attached to an aromatic ring is 1. The van der Waals surface area contributed by atoms with Crippen molar-refractivity contribution in [3.8, 4) is 22.5 Å². The molecule has 0 saturated heterocycles. The Morgan fingerprint density at radius 2 is 1.89 bits per heavy atom. The molecule has 1 aliphatic carbocycles. The Hall–Kier alpha value is -3.25. The van der Waals surface area contributed by atoms with E-state index in [0.717, 1.165) is 16.5 Å². The van der Waals surface area contributed by atoms with Gasteiger partial charge in [0.05, 0.1) is 18.0 Å². The molecule has 1 saturated carbocycles. The van der Waals surface area contributed by atoms with Gasteiger partial charge in [0.15, 0.2) is 0 Å². The predicted octanol–water partition coefficient (Wildman–Crippen LogP) is 4.38. The number of benzene rings is 2. The lowest BCUT2D eigenvalue weighted by Gasteiger charge is -2.11. The van der Waals surface area contributed by atoms with Crippen LogP contribution in [-0.4, -0.2) is 20.1 Å². The van der Waals surface area contributed by atoms with Crippen LogP contribution < -0.4 is 5.73 Å². The summed E-state index contributed by atoms with van der Waals surface area (Å²) < 4.78 is 14.2. The number of hydrogen-bond donors (Lipinski definition) is 3. The van der Waals surface area contributed by atoms with Gasteiger partial charge in [0, 0.05) is 16.5 Å². The number of fused-ring (bicyclic) bond motifs is 1. The second kappa shape index (κ2) is 6.42. The van der Waals surface area contributed by atoms with Crippen molar-refractivity contribution in [3.05, 3.63) is 65.5 Å². The van der Waals surface area contributed by atoms with Gasteiger partial charge in [-0.3, -0.25) is 0 Å². The molecule has 6 heteroatoms. The molecule has 140 valence electrons. The van der Waals surface area contributed by atoms with Crippen molar-refractivity contribution >= 4 is 17.0 Å². The summed E-state index contributed by atoms with van der Waals surface area (Å²) in [5, 5.41) is 10.7. The molecule has 2 aromatic carbocycles. The molecule has 0 unspecified atom stereocenters. The third-order valence-electron chi connectivity index (χ3n) is 5.27. The second-order valence-corrected chi connectivity index (χ2v) is 7.20. The van der Waals surface area contributed by atoms with E-state index >= 15 is 0 Å². The zero-order chi connectivity index (χ0) is 19.3. The van der Waals surface area contributed by atoms with Crippen molar-refractivity contribution in [1.29, 1.82) is 0 Å².